The predicted molar refractivity (Wildman–Crippen MR) is 104 cm³/mol. The Morgan fingerprint density at radius 3 is 2.71 bits per heavy atom. The van der Waals surface area contributed by atoms with Crippen molar-refractivity contribution in [3.8, 4) is 11.1 Å². The Labute approximate surface area is 149 Å². The van der Waals surface area contributed by atoms with E-state index in [1.54, 1.807) is 0 Å². The van der Waals surface area contributed by atoms with E-state index in [-0.39, 0.29) is 0 Å². The van der Waals surface area contributed by atoms with Crippen LogP contribution in [0, 0.1) is 6.92 Å². The second kappa shape index (κ2) is 8.69. The van der Waals surface area contributed by atoms with Crippen LogP contribution in [0.1, 0.15) is 25.5 Å². The van der Waals surface area contributed by atoms with Crippen LogP contribution < -0.4 is 10.2 Å². The lowest BCUT2D eigenvalue weighted by molar-refractivity contribution is 0.763. The number of pyridine rings is 2. The molecule has 0 aliphatic carbocycles. The fourth-order valence-electron chi connectivity index (χ4n) is 2.64. The van der Waals surface area contributed by atoms with Crippen molar-refractivity contribution in [2.24, 2.45) is 0 Å². The molecule has 0 radical (unpaired) electrons. The highest BCUT2D eigenvalue weighted by molar-refractivity contribution is 6.32. The van der Waals surface area contributed by atoms with Crippen LogP contribution in [0.2, 0.25) is 5.15 Å². The average molecular weight is 345 g/mol. The maximum Gasteiger partial charge on any atom is 0.152 e. The molecular formula is C19H25ClN4. The first-order valence-corrected chi connectivity index (χ1v) is 8.64. The van der Waals surface area contributed by atoms with E-state index in [1.807, 2.05) is 32.4 Å². The number of aryl methyl sites for hydroxylation is 1. The summed E-state index contributed by atoms with van der Waals surface area (Å²) in [5.41, 5.74) is 5.00. The largest absolute Gasteiger partial charge is 0.387 e. The summed E-state index contributed by atoms with van der Waals surface area (Å²) in [4.78, 5) is 11.1. The van der Waals surface area contributed by atoms with Gasteiger partial charge in [-0.05, 0) is 31.9 Å². The predicted octanol–water partition coefficient (Wildman–Crippen LogP) is 4.94. The SMILES string of the molecule is C=CCCN(CCC)c1cc(-c2cc(NC)cnc2C)cnc1Cl. The van der Waals surface area contributed by atoms with Crippen LogP contribution in [-0.4, -0.2) is 30.1 Å². The molecule has 4 nitrogen and oxygen atoms in total. The summed E-state index contributed by atoms with van der Waals surface area (Å²) in [5.74, 6) is 0. The van der Waals surface area contributed by atoms with Gasteiger partial charge in [-0.25, -0.2) is 4.98 Å². The smallest absolute Gasteiger partial charge is 0.152 e. The molecule has 0 fully saturated rings. The Morgan fingerprint density at radius 2 is 2.04 bits per heavy atom. The lowest BCUT2D eigenvalue weighted by Gasteiger charge is -2.25. The molecule has 0 aromatic carbocycles. The zero-order valence-electron chi connectivity index (χ0n) is 14.6. The van der Waals surface area contributed by atoms with Gasteiger partial charge in [0.1, 0.15) is 0 Å². The highest BCUT2D eigenvalue weighted by Gasteiger charge is 2.13. The molecule has 1 N–H and O–H groups in total. The third-order valence-electron chi connectivity index (χ3n) is 3.94. The summed E-state index contributed by atoms with van der Waals surface area (Å²) in [6.45, 7) is 9.80. The van der Waals surface area contributed by atoms with E-state index in [0.29, 0.717) is 5.15 Å². The molecule has 128 valence electrons. The molecule has 2 rings (SSSR count). The average Bonchev–Trinajstić information content (AvgIpc) is 2.60. The molecule has 0 bridgehead atoms. The van der Waals surface area contributed by atoms with Crippen molar-refractivity contribution in [1.82, 2.24) is 9.97 Å². The van der Waals surface area contributed by atoms with E-state index in [2.05, 4.69) is 45.8 Å². The van der Waals surface area contributed by atoms with Gasteiger partial charge in [0.15, 0.2) is 5.15 Å². The maximum atomic E-state index is 6.38. The van der Waals surface area contributed by atoms with E-state index in [4.69, 9.17) is 11.6 Å². The topological polar surface area (TPSA) is 41.0 Å². The maximum absolute atomic E-state index is 6.38. The third kappa shape index (κ3) is 4.26. The zero-order valence-corrected chi connectivity index (χ0v) is 15.4. The molecule has 0 aliphatic rings. The first-order chi connectivity index (χ1) is 11.6. The number of hydrogen-bond donors (Lipinski definition) is 1. The van der Waals surface area contributed by atoms with Crippen molar-refractivity contribution in [3.63, 3.8) is 0 Å². The Hall–Kier alpha value is -2.07. The van der Waals surface area contributed by atoms with Crippen molar-refractivity contribution in [3.05, 3.63) is 48.0 Å². The van der Waals surface area contributed by atoms with Gasteiger partial charge in [0.05, 0.1) is 17.6 Å². The first kappa shape index (κ1) is 18.3. The molecule has 0 spiro atoms. The van der Waals surface area contributed by atoms with Crippen LogP contribution in [0.3, 0.4) is 0 Å². The van der Waals surface area contributed by atoms with Crippen LogP contribution in [0.15, 0.2) is 37.2 Å². The van der Waals surface area contributed by atoms with Crippen LogP contribution in [0.5, 0.6) is 0 Å². The summed E-state index contributed by atoms with van der Waals surface area (Å²) in [5, 5.41) is 3.66. The number of rotatable bonds is 8. The molecule has 24 heavy (non-hydrogen) atoms. The normalized spacial score (nSPS) is 10.5. The van der Waals surface area contributed by atoms with Gasteiger partial charge in [0, 0.05) is 43.2 Å². The van der Waals surface area contributed by atoms with Crippen molar-refractivity contribution >= 4 is 23.0 Å². The van der Waals surface area contributed by atoms with Crippen molar-refractivity contribution in [1.29, 1.82) is 0 Å². The molecule has 0 unspecified atom stereocenters. The summed E-state index contributed by atoms with van der Waals surface area (Å²) < 4.78 is 0. The zero-order chi connectivity index (χ0) is 17.5. The number of anilines is 2. The second-order valence-electron chi connectivity index (χ2n) is 5.71. The van der Waals surface area contributed by atoms with Gasteiger partial charge < -0.3 is 10.2 Å². The fourth-order valence-corrected chi connectivity index (χ4v) is 2.86. The molecule has 0 atom stereocenters. The van der Waals surface area contributed by atoms with Gasteiger partial charge in [-0.3, -0.25) is 4.98 Å². The first-order valence-electron chi connectivity index (χ1n) is 8.26. The standard InChI is InChI=1S/C19H25ClN4/c1-5-7-9-24(8-6-2)18-10-15(12-23-19(18)20)17-11-16(21-4)13-22-14(17)3/h5,10-13,21H,1,6-9H2,2-4H3. The van der Waals surface area contributed by atoms with Crippen molar-refractivity contribution < 1.29 is 0 Å². The summed E-state index contributed by atoms with van der Waals surface area (Å²) in [7, 11) is 1.89. The monoisotopic (exact) mass is 344 g/mol. The van der Waals surface area contributed by atoms with Gasteiger partial charge in [-0.2, -0.15) is 0 Å². The van der Waals surface area contributed by atoms with Gasteiger partial charge in [-0.1, -0.05) is 24.6 Å². The Bertz CT molecular complexity index is 700. The lowest BCUT2D eigenvalue weighted by atomic mass is 10.1. The number of halogens is 1. The van der Waals surface area contributed by atoms with Crippen LogP contribution in [0.25, 0.3) is 11.1 Å². The van der Waals surface area contributed by atoms with Crippen LogP contribution in [0.4, 0.5) is 11.4 Å². The van der Waals surface area contributed by atoms with Gasteiger partial charge in [0.25, 0.3) is 0 Å². The number of aromatic nitrogens is 2. The Morgan fingerprint density at radius 1 is 1.25 bits per heavy atom. The second-order valence-corrected chi connectivity index (χ2v) is 6.06. The number of nitrogens with one attached hydrogen (secondary N) is 1. The van der Waals surface area contributed by atoms with Crippen molar-refractivity contribution in [2.45, 2.75) is 26.7 Å². The lowest BCUT2D eigenvalue weighted by Crippen LogP contribution is -2.25. The van der Waals surface area contributed by atoms with E-state index in [0.717, 1.165) is 54.1 Å². The van der Waals surface area contributed by atoms with E-state index in [9.17, 15) is 0 Å². The van der Waals surface area contributed by atoms with Gasteiger partial charge in [0.2, 0.25) is 0 Å². The summed E-state index contributed by atoms with van der Waals surface area (Å²) in [6, 6.07) is 4.20. The molecule has 2 aromatic rings. The molecule has 0 saturated carbocycles. The Kier molecular flexibility index (Phi) is 6.62. The summed E-state index contributed by atoms with van der Waals surface area (Å²) in [6.07, 6.45) is 7.53. The van der Waals surface area contributed by atoms with Gasteiger partial charge in [-0.15, -0.1) is 6.58 Å². The summed E-state index contributed by atoms with van der Waals surface area (Å²) >= 11 is 6.38. The highest BCUT2D eigenvalue weighted by Crippen LogP contribution is 2.32. The molecule has 0 saturated heterocycles. The molecular weight excluding hydrogens is 320 g/mol. The van der Waals surface area contributed by atoms with Crippen molar-refractivity contribution in [2.75, 3.05) is 30.4 Å². The third-order valence-corrected chi connectivity index (χ3v) is 4.24. The minimum atomic E-state index is 0.534. The number of nitrogens with zero attached hydrogens (tertiary/aromatic N) is 3. The van der Waals surface area contributed by atoms with Crippen LogP contribution in [-0.2, 0) is 0 Å². The quantitative estimate of drug-likeness (QED) is 0.544. The van der Waals surface area contributed by atoms with Crippen LogP contribution >= 0.6 is 11.6 Å². The molecule has 2 heterocycles. The van der Waals surface area contributed by atoms with E-state index in [1.165, 1.54) is 0 Å². The van der Waals surface area contributed by atoms with E-state index >= 15 is 0 Å². The van der Waals surface area contributed by atoms with Gasteiger partial charge >= 0.3 is 0 Å². The minimum Gasteiger partial charge on any atom is -0.387 e. The molecule has 0 amide bonds. The van der Waals surface area contributed by atoms with E-state index < -0.39 is 0 Å². The fraction of sp³-hybridized carbons (Fsp3) is 0.368. The molecule has 5 heteroatoms. The molecule has 2 aromatic heterocycles. The molecule has 0 aliphatic heterocycles. The highest BCUT2D eigenvalue weighted by atomic mass is 35.5. The number of hydrogen-bond acceptors (Lipinski definition) is 4. The minimum absolute atomic E-state index is 0.534. The Balaban J connectivity index is 2.45.